The highest BCUT2D eigenvalue weighted by molar-refractivity contribution is 6.31. The van der Waals surface area contributed by atoms with Crippen LogP contribution in [0, 0.1) is 6.92 Å². The minimum Gasteiger partial charge on any atom is -0.489 e. The summed E-state index contributed by atoms with van der Waals surface area (Å²) in [5.74, 6) is 0.448. The molecular weight excluding hydrogens is 334 g/mol. The van der Waals surface area contributed by atoms with Gasteiger partial charge in [0, 0.05) is 21.8 Å². The van der Waals surface area contributed by atoms with Crippen molar-refractivity contribution >= 4 is 23.2 Å². The fraction of sp³-hybridized carbons (Fsp3) is 0.0952. The first-order valence-corrected chi connectivity index (χ1v) is 8.34. The Morgan fingerprint density at radius 1 is 1.00 bits per heavy atom. The Labute approximate surface area is 152 Å². The molecule has 0 bridgehead atoms. The van der Waals surface area contributed by atoms with Crippen LogP contribution in [0.4, 0.5) is 5.69 Å². The first-order chi connectivity index (χ1) is 12.1. The third-order valence-electron chi connectivity index (χ3n) is 3.76. The maximum atomic E-state index is 12.4. The van der Waals surface area contributed by atoms with Gasteiger partial charge in [-0.1, -0.05) is 53.6 Å². The second-order valence-electron chi connectivity index (χ2n) is 5.73. The quantitative estimate of drug-likeness (QED) is 0.661. The van der Waals surface area contributed by atoms with Crippen molar-refractivity contribution < 1.29 is 9.53 Å². The molecule has 126 valence electrons. The molecule has 1 amide bonds. The van der Waals surface area contributed by atoms with E-state index < -0.39 is 0 Å². The van der Waals surface area contributed by atoms with Crippen molar-refractivity contribution in [2.24, 2.45) is 0 Å². The number of hydrogen-bond donors (Lipinski definition) is 1. The van der Waals surface area contributed by atoms with Crippen molar-refractivity contribution in [3.8, 4) is 5.75 Å². The number of amides is 1. The van der Waals surface area contributed by atoms with Crippen LogP contribution in [-0.2, 0) is 6.61 Å². The summed E-state index contributed by atoms with van der Waals surface area (Å²) in [6.45, 7) is 2.36. The van der Waals surface area contributed by atoms with E-state index in [1.807, 2.05) is 61.5 Å². The molecule has 3 aromatic carbocycles. The summed E-state index contributed by atoms with van der Waals surface area (Å²) in [4.78, 5) is 12.4. The third-order valence-corrected chi connectivity index (χ3v) is 4.13. The van der Waals surface area contributed by atoms with Crippen molar-refractivity contribution in [1.29, 1.82) is 0 Å². The van der Waals surface area contributed by atoms with Gasteiger partial charge in [-0.3, -0.25) is 4.79 Å². The van der Waals surface area contributed by atoms with Gasteiger partial charge in [0.15, 0.2) is 0 Å². The molecule has 3 rings (SSSR count). The second-order valence-corrected chi connectivity index (χ2v) is 6.14. The molecule has 0 aromatic heterocycles. The van der Waals surface area contributed by atoms with Gasteiger partial charge in [0.2, 0.25) is 0 Å². The molecule has 0 heterocycles. The summed E-state index contributed by atoms with van der Waals surface area (Å²) in [5.41, 5.74) is 3.35. The number of nitrogens with one attached hydrogen (secondary N) is 1. The number of rotatable bonds is 5. The van der Waals surface area contributed by atoms with E-state index in [-0.39, 0.29) is 5.91 Å². The maximum absolute atomic E-state index is 12.4. The molecule has 3 aromatic rings. The number of benzene rings is 3. The number of anilines is 1. The molecule has 0 aliphatic heterocycles. The summed E-state index contributed by atoms with van der Waals surface area (Å²) in [6, 6.07) is 22.3. The van der Waals surface area contributed by atoms with Crippen LogP contribution in [0.3, 0.4) is 0 Å². The average Bonchev–Trinajstić information content (AvgIpc) is 2.63. The average molecular weight is 352 g/mol. The highest BCUT2D eigenvalue weighted by Gasteiger charge is 2.08. The Bertz CT molecular complexity index is 875. The first-order valence-electron chi connectivity index (χ1n) is 7.96. The minimum atomic E-state index is -0.174. The van der Waals surface area contributed by atoms with Gasteiger partial charge in [-0.15, -0.1) is 0 Å². The van der Waals surface area contributed by atoms with E-state index in [0.717, 1.165) is 16.8 Å². The Morgan fingerprint density at radius 3 is 2.52 bits per heavy atom. The number of carbonyl (C=O) groups is 1. The molecule has 0 atom stereocenters. The highest BCUT2D eigenvalue weighted by Crippen LogP contribution is 2.20. The van der Waals surface area contributed by atoms with Crippen molar-refractivity contribution in [3.63, 3.8) is 0 Å². The van der Waals surface area contributed by atoms with Gasteiger partial charge in [-0.25, -0.2) is 0 Å². The predicted octanol–water partition coefficient (Wildman–Crippen LogP) is 5.48. The van der Waals surface area contributed by atoms with Gasteiger partial charge in [0.25, 0.3) is 5.91 Å². The molecule has 1 N–H and O–H groups in total. The zero-order valence-corrected chi connectivity index (χ0v) is 14.6. The molecule has 3 nitrogen and oxygen atoms in total. The lowest BCUT2D eigenvalue weighted by Gasteiger charge is -2.10. The van der Waals surface area contributed by atoms with E-state index in [9.17, 15) is 4.79 Å². The molecule has 0 aliphatic rings. The minimum absolute atomic E-state index is 0.174. The summed E-state index contributed by atoms with van der Waals surface area (Å²) in [5, 5.41) is 3.54. The maximum Gasteiger partial charge on any atom is 0.255 e. The van der Waals surface area contributed by atoms with Crippen LogP contribution in [0.15, 0.2) is 72.8 Å². The van der Waals surface area contributed by atoms with E-state index in [0.29, 0.717) is 22.9 Å². The molecule has 0 unspecified atom stereocenters. The Hall–Kier alpha value is -2.78. The Morgan fingerprint density at radius 2 is 1.76 bits per heavy atom. The van der Waals surface area contributed by atoms with Gasteiger partial charge in [0.05, 0.1) is 0 Å². The highest BCUT2D eigenvalue weighted by atomic mass is 35.5. The van der Waals surface area contributed by atoms with E-state index in [2.05, 4.69) is 5.32 Å². The normalized spacial score (nSPS) is 10.3. The largest absolute Gasteiger partial charge is 0.489 e. The summed E-state index contributed by atoms with van der Waals surface area (Å²) < 4.78 is 5.77. The monoisotopic (exact) mass is 351 g/mol. The summed E-state index contributed by atoms with van der Waals surface area (Å²) in [7, 11) is 0. The second kappa shape index (κ2) is 7.86. The zero-order valence-electron chi connectivity index (χ0n) is 13.8. The fourth-order valence-electron chi connectivity index (χ4n) is 2.34. The van der Waals surface area contributed by atoms with E-state index in [4.69, 9.17) is 16.3 Å². The van der Waals surface area contributed by atoms with E-state index >= 15 is 0 Å². The van der Waals surface area contributed by atoms with Crippen LogP contribution < -0.4 is 10.1 Å². The molecule has 0 aliphatic carbocycles. The lowest BCUT2D eigenvalue weighted by atomic mass is 10.2. The van der Waals surface area contributed by atoms with Gasteiger partial charge in [-0.2, -0.15) is 0 Å². The van der Waals surface area contributed by atoms with Crippen LogP contribution in [-0.4, -0.2) is 5.91 Å². The molecule has 25 heavy (non-hydrogen) atoms. The lowest BCUT2D eigenvalue weighted by Crippen LogP contribution is -2.12. The summed E-state index contributed by atoms with van der Waals surface area (Å²) in [6.07, 6.45) is 0. The Balaban J connectivity index is 1.67. The van der Waals surface area contributed by atoms with Crippen molar-refractivity contribution in [3.05, 3.63) is 94.5 Å². The fourth-order valence-corrected chi connectivity index (χ4v) is 2.53. The number of aryl methyl sites for hydroxylation is 1. The van der Waals surface area contributed by atoms with E-state index in [1.54, 1.807) is 18.2 Å². The molecule has 0 fully saturated rings. The third kappa shape index (κ3) is 4.61. The Kier molecular flexibility index (Phi) is 5.36. The zero-order chi connectivity index (χ0) is 17.6. The number of hydrogen-bond acceptors (Lipinski definition) is 2. The molecule has 4 heteroatoms. The molecule has 0 spiro atoms. The van der Waals surface area contributed by atoms with Crippen molar-refractivity contribution in [1.82, 2.24) is 0 Å². The number of carbonyl (C=O) groups excluding carboxylic acids is 1. The standard InChI is InChI=1S/C21H18ClNO2/c1-15-9-11-18(12-10-15)23-21(24)16-6-4-7-19(13-16)25-14-17-5-2-3-8-20(17)22/h2-13H,14H2,1H3,(H,23,24). The van der Waals surface area contributed by atoms with Crippen LogP contribution in [0.25, 0.3) is 0 Å². The van der Waals surface area contributed by atoms with Crippen LogP contribution in [0.1, 0.15) is 21.5 Å². The van der Waals surface area contributed by atoms with Crippen molar-refractivity contribution in [2.45, 2.75) is 13.5 Å². The number of ether oxygens (including phenoxy) is 1. The van der Waals surface area contributed by atoms with E-state index in [1.165, 1.54) is 0 Å². The molecule has 0 saturated carbocycles. The molecule has 0 radical (unpaired) electrons. The topological polar surface area (TPSA) is 38.3 Å². The summed E-state index contributed by atoms with van der Waals surface area (Å²) >= 11 is 6.13. The van der Waals surface area contributed by atoms with Gasteiger partial charge < -0.3 is 10.1 Å². The SMILES string of the molecule is Cc1ccc(NC(=O)c2cccc(OCc3ccccc3Cl)c2)cc1. The predicted molar refractivity (Wildman–Crippen MR) is 101 cm³/mol. The molecule has 0 saturated heterocycles. The first kappa shape index (κ1) is 17.1. The van der Waals surface area contributed by atoms with Crippen LogP contribution in [0.2, 0.25) is 5.02 Å². The smallest absolute Gasteiger partial charge is 0.255 e. The number of halogens is 1. The van der Waals surface area contributed by atoms with Gasteiger partial charge in [-0.05, 0) is 43.3 Å². The van der Waals surface area contributed by atoms with Crippen LogP contribution >= 0.6 is 11.6 Å². The van der Waals surface area contributed by atoms with Gasteiger partial charge in [0.1, 0.15) is 12.4 Å². The molecular formula is C21H18ClNO2. The lowest BCUT2D eigenvalue weighted by molar-refractivity contribution is 0.102. The van der Waals surface area contributed by atoms with Crippen LogP contribution in [0.5, 0.6) is 5.75 Å². The van der Waals surface area contributed by atoms with Gasteiger partial charge >= 0.3 is 0 Å². The van der Waals surface area contributed by atoms with Crippen molar-refractivity contribution in [2.75, 3.05) is 5.32 Å².